The second-order valence-electron chi connectivity index (χ2n) is 5.56. The number of halogens is 1. The molecular weight excluding hydrogens is 302 g/mol. The summed E-state index contributed by atoms with van der Waals surface area (Å²) < 4.78 is 6.48. The molecule has 1 aromatic rings. The van der Waals surface area contributed by atoms with Gasteiger partial charge in [0.05, 0.1) is 7.11 Å². The van der Waals surface area contributed by atoms with E-state index in [1.54, 1.807) is 7.11 Å². The van der Waals surface area contributed by atoms with Crippen LogP contribution >= 0.6 is 15.9 Å². The molecule has 19 heavy (non-hydrogen) atoms. The molecule has 0 bridgehead atoms. The Balaban J connectivity index is 2.41. The molecule has 0 fully saturated rings. The van der Waals surface area contributed by atoms with Crippen molar-refractivity contribution in [2.45, 2.75) is 52.6 Å². The smallest absolute Gasteiger partial charge is 0.123 e. The third kappa shape index (κ3) is 6.44. The summed E-state index contributed by atoms with van der Waals surface area (Å²) in [6, 6.07) is 6.67. The van der Waals surface area contributed by atoms with Gasteiger partial charge in [-0.05, 0) is 37.5 Å². The van der Waals surface area contributed by atoms with Gasteiger partial charge >= 0.3 is 0 Å². The molecule has 108 valence electrons. The number of rotatable bonds is 8. The molecule has 0 aliphatic rings. The van der Waals surface area contributed by atoms with E-state index in [1.165, 1.54) is 24.8 Å². The van der Waals surface area contributed by atoms with Gasteiger partial charge in [-0.2, -0.15) is 0 Å². The number of ether oxygens (including phenoxy) is 1. The number of benzene rings is 1. The van der Waals surface area contributed by atoms with Crippen molar-refractivity contribution in [1.29, 1.82) is 0 Å². The largest absolute Gasteiger partial charge is 0.496 e. The molecule has 1 aromatic carbocycles. The van der Waals surface area contributed by atoms with Gasteiger partial charge in [-0.15, -0.1) is 0 Å². The molecule has 0 saturated heterocycles. The molecule has 1 atom stereocenters. The molecule has 0 aliphatic heterocycles. The summed E-state index contributed by atoms with van der Waals surface area (Å²) in [5, 5.41) is 3.57. The molecule has 1 unspecified atom stereocenters. The highest BCUT2D eigenvalue weighted by molar-refractivity contribution is 9.10. The number of hydrogen-bond donors (Lipinski definition) is 1. The van der Waals surface area contributed by atoms with Gasteiger partial charge < -0.3 is 10.1 Å². The van der Waals surface area contributed by atoms with Crippen LogP contribution in [0, 0.1) is 5.92 Å². The Morgan fingerprint density at radius 3 is 2.58 bits per heavy atom. The molecule has 2 nitrogen and oxygen atoms in total. The van der Waals surface area contributed by atoms with E-state index in [0.29, 0.717) is 6.04 Å². The molecule has 0 aromatic heterocycles. The van der Waals surface area contributed by atoms with E-state index in [0.717, 1.165) is 22.7 Å². The summed E-state index contributed by atoms with van der Waals surface area (Å²) in [6.07, 6.45) is 3.84. The second-order valence-corrected chi connectivity index (χ2v) is 6.48. The summed E-state index contributed by atoms with van der Waals surface area (Å²) >= 11 is 3.51. The number of nitrogens with one attached hydrogen (secondary N) is 1. The first kappa shape index (κ1) is 16.5. The van der Waals surface area contributed by atoms with Crippen LogP contribution in [0.25, 0.3) is 0 Å². The van der Waals surface area contributed by atoms with E-state index in [4.69, 9.17) is 4.74 Å². The molecule has 0 spiro atoms. The number of hydrogen-bond acceptors (Lipinski definition) is 2. The fourth-order valence-corrected chi connectivity index (χ4v) is 2.51. The highest BCUT2D eigenvalue weighted by Gasteiger charge is 2.06. The lowest BCUT2D eigenvalue weighted by molar-refractivity contribution is 0.402. The van der Waals surface area contributed by atoms with Gasteiger partial charge in [-0.25, -0.2) is 0 Å². The summed E-state index contributed by atoms with van der Waals surface area (Å²) in [6.45, 7) is 7.67. The van der Waals surface area contributed by atoms with E-state index in [-0.39, 0.29) is 0 Å². The first-order valence-corrected chi connectivity index (χ1v) is 7.88. The maximum absolute atomic E-state index is 5.38. The lowest BCUT2D eigenvalue weighted by Gasteiger charge is -2.16. The van der Waals surface area contributed by atoms with Crippen LogP contribution in [0.3, 0.4) is 0 Å². The summed E-state index contributed by atoms with van der Waals surface area (Å²) in [5.41, 5.74) is 1.20. The zero-order chi connectivity index (χ0) is 14.3. The molecular formula is C16H26BrNO. The first-order valence-electron chi connectivity index (χ1n) is 7.08. The minimum absolute atomic E-state index is 0.544. The van der Waals surface area contributed by atoms with Gasteiger partial charge in [0, 0.05) is 22.6 Å². The average Bonchev–Trinajstić information content (AvgIpc) is 2.36. The molecule has 0 amide bonds. The molecule has 1 rings (SSSR count). The lowest BCUT2D eigenvalue weighted by Crippen LogP contribution is -2.25. The Bertz CT molecular complexity index is 379. The molecule has 0 heterocycles. The quantitative estimate of drug-likeness (QED) is 0.743. The fourth-order valence-electron chi connectivity index (χ4n) is 2.10. The van der Waals surface area contributed by atoms with Gasteiger partial charge in [-0.3, -0.25) is 0 Å². The Labute approximate surface area is 126 Å². The van der Waals surface area contributed by atoms with Gasteiger partial charge in [0.15, 0.2) is 0 Å². The van der Waals surface area contributed by atoms with Gasteiger partial charge in [0.25, 0.3) is 0 Å². The predicted molar refractivity (Wildman–Crippen MR) is 85.7 cm³/mol. The van der Waals surface area contributed by atoms with E-state index < -0.39 is 0 Å². The molecule has 0 saturated carbocycles. The maximum Gasteiger partial charge on any atom is 0.123 e. The highest BCUT2D eigenvalue weighted by atomic mass is 79.9. The van der Waals surface area contributed by atoms with E-state index >= 15 is 0 Å². The zero-order valence-corrected chi connectivity index (χ0v) is 14.1. The third-order valence-corrected chi connectivity index (χ3v) is 3.80. The van der Waals surface area contributed by atoms with Crippen molar-refractivity contribution < 1.29 is 4.74 Å². The van der Waals surface area contributed by atoms with Crippen molar-refractivity contribution in [2.24, 2.45) is 5.92 Å². The average molecular weight is 328 g/mol. The monoisotopic (exact) mass is 327 g/mol. The zero-order valence-electron chi connectivity index (χ0n) is 12.5. The van der Waals surface area contributed by atoms with Crippen molar-refractivity contribution >= 4 is 15.9 Å². The van der Waals surface area contributed by atoms with Crippen LogP contribution in [0.5, 0.6) is 5.75 Å². The topological polar surface area (TPSA) is 21.3 Å². The molecule has 3 heteroatoms. The van der Waals surface area contributed by atoms with Crippen molar-refractivity contribution in [1.82, 2.24) is 5.32 Å². The summed E-state index contributed by atoms with van der Waals surface area (Å²) in [7, 11) is 1.72. The van der Waals surface area contributed by atoms with Crippen LogP contribution < -0.4 is 10.1 Å². The van der Waals surface area contributed by atoms with Crippen molar-refractivity contribution in [2.75, 3.05) is 7.11 Å². The Morgan fingerprint density at radius 2 is 1.95 bits per heavy atom. The third-order valence-electron chi connectivity index (χ3n) is 3.30. The van der Waals surface area contributed by atoms with Gasteiger partial charge in [-0.1, -0.05) is 42.6 Å². The van der Waals surface area contributed by atoms with Crippen LogP contribution in [0.2, 0.25) is 0 Å². The van der Waals surface area contributed by atoms with Crippen LogP contribution in [-0.4, -0.2) is 13.2 Å². The van der Waals surface area contributed by atoms with E-state index in [1.807, 2.05) is 12.1 Å². The van der Waals surface area contributed by atoms with E-state index in [9.17, 15) is 0 Å². The first-order chi connectivity index (χ1) is 9.02. The fraction of sp³-hybridized carbons (Fsp3) is 0.625. The normalized spacial score (nSPS) is 12.7. The van der Waals surface area contributed by atoms with Crippen molar-refractivity contribution in [3.8, 4) is 5.75 Å². The highest BCUT2D eigenvalue weighted by Crippen LogP contribution is 2.23. The standard InChI is InChI=1S/C16H26BrNO/c1-12(2)6-5-7-13(3)18-11-14-10-15(17)8-9-16(14)19-4/h8-10,12-13,18H,5-7,11H2,1-4H3. The summed E-state index contributed by atoms with van der Waals surface area (Å²) in [5.74, 6) is 1.75. The lowest BCUT2D eigenvalue weighted by atomic mass is 10.0. The minimum atomic E-state index is 0.544. The Hall–Kier alpha value is -0.540. The summed E-state index contributed by atoms with van der Waals surface area (Å²) in [4.78, 5) is 0. The van der Waals surface area contributed by atoms with Crippen LogP contribution in [-0.2, 0) is 6.54 Å². The SMILES string of the molecule is COc1ccc(Br)cc1CNC(C)CCCC(C)C. The Kier molecular flexibility index (Phi) is 7.47. The van der Waals surface area contributed by atoms with Crippen molar-refractivity contribution in [3.05, 3.63) is 28.2 Å². The van der Waals surface area contributed by atoms with E-state index in [2.05, 4.69) is 48.1 Å². The van der Waals surface area contributed by atoms with Crippen molar-refractivity contribution in [3.63, 3.8) is 0 Å². The molecule has 1 N–H and O–H groups in total. The number of methoxy groups -OCH3 is 1. The van der Waals surface area contributed by atoms with Crippen LogP contribution in [0.15, 0.2) is 22.7 Å². The second kappa shape index (κ2) is 8.60. The molecule has 0 radical (unpaired) electrons. The minimum Gasteiger partial charge on any atom is -0.496 e. The predicted octanol–water partition coefficient (Wildman–Crippen LogP) is 4.76. The maximum atomic E-state index is 5.38. The van der Waals surface area contributed by atoms with Gasteiger partial charge in [0.1, 0.15) is 5.75 Å². The van der Waals surface area contributed by atoms with Gasteiger partial charge in [0.2, 0.25) is 0 Å². The molecule has 0 aliphatic carbocycles. The van der Waals surface area contributed by atoms with Crippen LogP contribution in [0.4, 0.5) is 0 Å². The van der Waals surface area contributed by atoms with Crippen LogP contribution in [0.1, 0.15) is 45.6 Å². The Morgan fingerprint density at radius 1 is 1.21 bits per heavy atom.